The highest BCUT2D eigenvalue weighted by molar-refractivity contribution is 6.23. The van der Waals surface area contributed by atoms with E-state index in [0.29, 0.717) is 38.9 Å². The average molecular weight is 343 g/mol. The maximum atomic E-state index is 12.9. The monoisotopic (exact) mass is 343 g/mol. The molecule has 2 aromatic carbocycles. The SMILES string of the molecule is Nc1[nH]nc2nc(-c3ccc(O)cc3)c3c(=O)[nH]c4ccccc4c3c12. The number of phenols is 1. The number of rotatable bonds is 1. The van der Waals surface area contributed by atoms with Gasteiger partial charge in [-0.15, -0.1) is 0 Å². The molecule has 0 amide bonds. The number of hydrogen-bond acceptors (Lipinski definition) is 5. The molecule has 0 aliphatic heterocycles. The predicted octanol–water partition coefficient (Wildman–Crippen LogP) is 2.91. The summed E-state index contributed by atoms with van der Waals surface area (Å²) in [5.41, 5.74) is 8.19. The lowest BCUT2D eigenvalue weighted by molar-refractivity contribution is 0.475. The summed E-state index contributed by atoms with van der Waals surface area (Å²) in [5, 5.41) is 19.1. The quantitative estimate of drug-likeness (QED) is 0.349. The second kappa shape index (κ2) is 5.06. The third kappa shape index (κ3) is 1.91. The van der Waals surface area contributed by atoms with Crippen molar-refractivity contribution in [2.45, 2.75) is 0 Å². The van der Waals surface area contributed by atoms with E-state index in [4.69, 9.17) is 5.73 Å². The van der Waals surface area contributed by atoms with Crippen LogP contribution in [-0.4, -0.2) is 25.3 Å². The molecule has 3 aromatic heterocycles. The van der Waals surface area contributed by atoms with Crippen LogP contribution in [0.3, 0.4) is 0 Å². The largest absolute Gasteiger partial charge is 0.508 e. The Hall–Kier alpha value is -3.87. The molecule has 0 radical (unpaired) electrons. The van der Waals surface area contributed by atoms with Gasteiger partial charge in [0.1, 0.15) is 11.6 Å². The smallest absolute Gasteiger partial charge is 0.258 e. The molecule has 7 nitrogen and oxygen atoms in total. The molecule has 7 heteroatoms. The molecule has 5 rings (SSSR count). The average Bonchev–Trinajstić information content (AvgIpc) is 3.02. The Kier molecular flexibility index (Phi) is 2.82. The van der Waals surface area contributed by atoms with Crippen LogP contribution in [0.2, 0.25) is 0 Å². The van der Waals surface area contributed by atoms with Crippen molar-refractivity contribution in [1.29, 1.82) is 0 Å². The van der Waals surface area contributed by atoms with Crippen molar-refractivity contribution in [3.63, 3.8) is 0 Å². The van der Waals surface area contributed by atoms with Gasteiger partial charge in [-0.25, -0.2) is 4.98 Å². The van der Waals surface area contributed by atoms with Crippen LogP contribution in [-0.2, 0) is 0 Å². The molecule has 0 atom stereocenters. The Balaban J connectivity index is 2.08. The Labute approximate surface area is 146 Å². The molecule has 0 saturated carbocycles. The van der Waals surface area contributed by atoms with E-state index in [9.17, 15) is 9.90 Å². The van der Waals surface area contributed by atoms with E-state index in [2.05, 4.69) is 20.2 Å². The van der Waals surface area contributed by atoms with Gasteiger partial charge in [0.15, 0.2) is 5.65 Å². The van der Waals surface area contributed by atoms with Gasteiger partial charge in [0.25, 0.3) is 5.56 Å². The van der Waals surface area contributed by atoms with Crippen molar-refractivity contribution < 1.29 is 5.11 Å². The van der Waals surface area contributed by atoms with Gasteiger partial charge in [-0.05, 0) is 30.3 Å². The zero-order chi connectivity index (χ0) is 17.8. The van der Waals surface area contributed by atoms with Crippen LogP contribution >= 0.6 is 0 Å². The zero-order valence-electron chi connectivity index (χ0n) is 13.4. The normalized spacial score (nSPS) is 11.5. The number of fused-ring (bicyclic) bond motifs is 5. The first-order chi connectivity index (χ1) is 12.6. The molecule has 5 N–H and O–H groups in total. The van der Waals surface area contributed by atoms with Crippen molar-refractivity contribution >= 4 is 38.5 Å². The fourth-order valence-electron chi connectivity index (χ4n) is 3.39. The molecule has 0 unspecified atom stereocenters. The maximum absolute atomic E-state index is 12.9. The fraction of sp³-hybridized carbons (Fsp3) is 0. The van der Waals surface area contributed by atoms with Crippen molar-refractivity contribution in [2.24, 2.45) is 0 Å². The highest BCUT2D eigenvalue weighted by Gasteiger charge is 2.19. The number of pyridine rings is 2. The van der Waals surface area contributed by atoms with Crippen LogP contribution in [0.4, 0.5) is 5.82 Å². The number of nitrogens with zero attached hydrogens (tertiary/aromatic N) is 2. The maximum Gasteiger partial charge on any atom is 0.258 e. The van der Waals surface area contributed by atoms with Crippen LogP contribution in [0.15, 0.2) is 53.3 Å². The van der Waals surface area contributed by atoms with Crippen molar-refractivity contribution in [2.75, 3.05) is 5.73 Å². The van der Waals surface area contributed by atoms with Gasteiger partial charge in [-0.3, -0.25) is 9.89 Å². The van der Waals surface area contributed by atoms with E-state index in [1.165, 1.54) is 0 Å². The van der Waals surface area contributed by atoms with Gasteiger partial charge in [-0.1, -0.05) is 18.2 Å². The van der Waals surface area contributed by atoms with E-state index in [-0.39, 0.29) is 11.3 Å². The number of para-hydroxylation sites is 1. The number of aromatic nitrogens is 4. The van der Waals surface area contributed by atoms with Crippen LogP contribution in [0.25, 0.3) is 44.0 Å². The van der Waals surface area contributed by atoms with E-state index < -0.39 is 0 Å². The Morgan fingerprint density at radius 3 is 2.54 bits per heavy atom. The zero-order valence-corrected chi connectivity index (χ0v) is 13.4. The minimum Gasteiger partial charge on any atom is -0.508 e. The molecule has 0 spiro atoms. The number of nitrogens with one attached hydrogen (secondary N) is 2. The third-order valence-corrected chi connectivity index (χ3v) is 4.54. The summed E-state index contributed by atoms with van der Waals surface area (Å²) in [6, 6.07) is 14.1. The number of nitrogen functional groups attached to an aromatic ring is 1. The summed E-state index contributed by atoms with van der Waals surface area (Å²) in [4.78, 5) is 20.4. The number of phenolic OH excluding ortho intramolecular Hbond substituents is 1. The summed E-state index contributed by atoms with van der Waals surface area (Å²) < 4.78 is 0. The summed E-state index contributed by atoms with van der Waals surface area (Å²) in [6.45, 7) is 0. The number of aromatic amines is 2. The highest BCUT2D eigenvalue weighted by Crippen LogP contribution is 2.35. The van der Waals surface area contributed by atoms with Gasteiger partial charge in [0, 0.05) is 21.9 Å². The van der Waals surface area contributed by atoms with Gasteiger partial charge in [0.2, 0.25) is 0 Å². The second-order valence-corrected chi connectivity index (χ2v) is 6.09. The number of H-pyrrole nitrogens is 2. The molecule has 3 heterocycles. The van der Waals surface area contributed by atoms with Crippen LogP contribution in [0.5, 0.6) is 5.75 Å². The molecule has 0 aliphatic rings. The number of anilines is 1. The summed E-state index contributed by atoms with van der Waals surface area (Å²) in [7, 11) is 0. The summed E-state index contributed by atoms with van der Waals surface area (Å²) in [5.74, 6) is 0.507. The first kappa shape index (κ1) is 14.5. The van der Waals surface area contributed by atoms with E-state index in [0.717, 1.165) is 10.9 Å². The Morgan fingerprint density at radius 2 is 1.73 bits per heavy atom. The van der Waals surface area contributed by atoms with Gasteiger partial charge >= 0.3 is 0 Å². The van der Waals surface area contributed by atoms with Gasteiger partial charge < -0.3 is 15.8 Å². The molecule has 0 aliphatic carbocycles. The molecule has 0 bridgehead atoms. The molecular formula is C19H13N5O2. The minimum absolute atomic E-state index is 0.141. The summed E-state index contributed by atoms with van der Waals surface area (Å²) >= 11 is 0. The van der Waals surface area contributed by atoms with Gasteiger partial charge in [-0.2, -0.15) is 5.10 Å². The van der Waals surface area contributed by atoms with Crippen molar-refractivity contribution in [3.8, 4) is 17.0 Å². The Bertz CT molecular complexity index is 1370. The lowest BCUT2D eigenvalue weighted by Crippen LogP contribution is -2.09. The lowest BCUT2D eigenvalue weighted by atomic mass is 9.99. The molecular weight excluding hydrogens is 330 g/mol. The highest BCUT2D eigenvalue weighted by atomic mass is 16.3. The van der Waals surface area contributed by atoms with Crippen molar-refractivity contribution in [1.82, 2.24) is 20.2 Å². The van der Waals surface area contributed by atoms with E-state index in [1.807, 2.05) is 24.3 Å². The number of hydrogen-bond donors (Lipinski definition) is 4. The molecule has 126 valence electrons. The predicted molar refractivity (Wildman–Crippen MR) is 101 cm³/mol. The van der Waals surface area contributed by atoms with Crippen molar-refractivity contribution in [3.05, 3.63) is 58.9 Å². The lowest BCUT2D eigenvalue weighted by Gasteiger charge is -2.10. The fourth-order valence-corrected chi connectivity index (χ4v) is 3.39. The molecule has 0 fully saturated rings. The number of benzene rings is 2. The molecule has 0 saturated heterocycles. The molecule has 26 heavy (non-hydrogen) atoms. The summed E-state index contributed by atoms with van der Waals surface area (Å²) in [6.07, 6.45) is 0. The van der Waals surface area contributed by atoms with Gasteiger partial charge in [0.05, 0.1) is 16.5 Å². The number of aromatic hydroxyl groups is 1. The number of nitrogens with two attached hydrogens (primary N) is 1. The van der Waals surface area contributed by atoms with E-state index >= 15 is 0 Å². The van der Waals surface area contributed by atoms with Crippen LogP contribution in [0.1, 0.15) is 0 Å². The topological polar surface area (TPSA) is 121 Å². The van der Waals surface area contributed by atoms with E-state index in [1.54, 1.807) is 24.3 Å². The van der Waals surface area contributed by atoms with Crippen LogP contribution in [0, 0.1) is 0 Å². The van der Waals surface area contributed by atoms with Crippen LogP contribution < -0.4 is 11.3 Å². The Morgan fingerprint density at radius 1 is 0.962 bits per heavy atom. The first-order valence-corrected chi connectivity index (χ1v) is 8.01. The third-order valence-electron chi connectivity index (χ3n) is 4.54. The first-order valence-electron chi connectivity index (χ1n) is 8.01. The molecule has 5 aromatic rings. The standard InChI is InChI=1S/C19H13N5O2/c20-17-15-13-11-3-1-2-4-12(11)21-19(26)14(13)16(22-18(15)24-23-17)9-5-7-10(25)8-6-9/h1-8,25H,(H,21,26)(H3,20,22,23,24). The minimum atomic E-state index is -0.253. The second-order valence-electron chi connectivity index (χ2n) is 6.09.